The van der Waals surface area contributed by atoms with Crippen LogP contribution in [0.15, 0.2) is 60.8 Å². The highest BCUT2D eigenvalue weighted by Gasteiger charge is 2.21. The Balaban J connectivity index is 1.36. The van der Waals surface area contributed by atoms with Gasteiger partial charge in [-0.2, -0.15) is 10.4 Å². The third kappa shape index (κ3) is 4.61. The molecular weight excluding hydrogens is 406 g/mol. The van der Waals surface area contributed by atoms with Crippen LogP contribution in [0.25, 0.3) is 5.69 Å². The number of aromatic nitrogens is 2. The monoisotopic (exact) mass is 429 g/mol. The van der Waals surface area contributed by atoms with Crippen LogP contribution in [0.2, 0.25) is 0 Å². The fraction of sp³-hybridized carbons (Fsp3) is 0.217. The molecule has 0 saturated carbocycles. The van der Waals surface area contributed by atoms with Crippen molar-refractivity contribution in [3.05, 3.63) is 71.9 Å². The molecule has 1 aromatic heterocycles. The van der Waals surface area contributed by atoms with Crippen LogP contribution >= 0.6 is 0 Å². The van der Waals surface area contributed by atoms with E-state index in [-0.39, 0.29) is 12.5 Å². The number of amides is 2. The van der Waals surface area contributed by atoms with Gasteiger partial charge < -0.3 is 16.0 Å². The van der Waals surface area contributed by atoms with Gasteiger partial charge in [0.15, 0.2) is 5.82 Å². The van der Waals surface area contributed by atoms with Crippen LogP contribution in [0.1, 0.15) is 15.9 Å². The number of hydrogen-bond donors (Lipinski definition) is 2. The number of nitrogens with two attached hydrogens (primary N) is 1. The van der Waals surface area contributed by atoms with Crippen LogP contribution < -0.4 is 16.0 Å². The standard InChI is InChI=1S/C23H23N7O2/c24-14-18-15-26-30(20-4-2-1-3-5-20)23(18)27-21(31)16-28-10-12-29(13-11-28)19-8-6-17(7-9-19)22(25)32/h1-9,15H,10-13,16H2,(H2,25,32)(H,27,31). The van der Waals surface area contributed by atoms with Crippen molar-refractivity contribution in [3.8, 4) is 11.8 Å². The molecule has 4 rings (SSSR count). The summed E-state index contributed by atoms with van der Waals surface area (Å²) in [4.78, 5) is 28.2. The summed E-state index contributed by atoms with van der Waals surface area (Å²) in [6.45, 7) is 3.17. The van der Waals surface area contributed by atoms with Crippen LogP contribution in [-0.4, -0.2) is 59.2 Å². The predicted octanol–water partition coefficient (Wildman–Crippen LogP) is 1.60. The zero-order chi connectivity index (χ0) is 22.5. The second-order valence-corrected chi connectivity index (χ2v) is 7.49. The molecule has 9 heteroatoms. The van der Waals surface area contributed by atoms with Gasteiger partial charge in [0.1, 0.15) is 11.6 Å². The molecule has 0 unspecified atom stereocenters. The lowest BCUT2D eigenvalue weighted by Gasteiger charge is -2.35. The normalized spacial score (nSPS) is 14.0. The van der Waals surface area contributed by atoms with Gasteiger partial charge in [-0.15, -0.1) is 0 Å². The number of piperazine rings is 1. The molecule has 2 aromatic carbocycles. The number of hydrogen-bond acceptors (Lipinski definition) is 6. The van der Waals surface area contributed by atoms with Crippen molar-refractivity contribution < 1.29 is 9.59 Å². The van der Waals surface area contributed by atoms with E-state index in [2.05, 4.69) is 26.3 Å². The summed E-state index contributed by atoms with van der Waals surface area (Å²) in [6.07, 6.45) is 1.45. The Morgan fingerprint density at radius 3 is 2.31 bits per heavy atom. The van der Waals surface area contributed by atoms with Gasteiger partial charge in [-0.25, -0.2) is 4.68 Å². The molecule has 0 radical (unpaired) electrons. The summed E-state index contributed by atoms with van der Waals surface area (Å²) in [5.41, 5.74) is 7.87. The number of nitriles is 1. The van der Waals surface area contributed by atoms with Crippen molar-refractivity contribution in [1.82, 2.24) is 14.7 Å². The number of rotatable bonds is 6. The topological polar surface area (TPSA) is 120 Å². The first-order valence-electron chi connectivity index (χ1n) is 10.3. The predicted molar refractivity (Wildman–Crippen MR) is 121 cm³/mol. The molecule has 9 nitrogen and oxygen atoms in total. The molecule has 1 aliphatic rings. The second kappa shape index (κ2) is 9.32. The van der Waals surface area contributed by atoms with Gasteiger partial charge in [0.05, 0.1) is 18.4 Å². The van der Waals surface area contributed by atoms with Crippen LogP contribution in [0.4, 0.5) is 11.5 Å². The smallest absolute Gasteiger partial charge is 0.248 e. The molecule has 32 heavy (non-hydrogen) atoms. The van der Waals surface area contributed by atoms with Gasteiger partial charge in [0, 0.05) is 37.4 Å². The van der Waals surface area contributed by atoms with Gasteiger partial charge >= 0.3 is 0 Å². The van der Waals surface area contributed by atoms with E-state index in [4.69, 9.17) is 5.73 Å². The quantitative estimate of drug-likeness (QED) is 0.614. The van der Waals surface area contributed by atoms with Crippen molar-refractivity contribution in [2.45, 2.75) is 0 Å². The van der Waals surface area contributed by atoms with Gasteiger partial charge in [0.2, 0.25) is 11.8 Å². The SMILES string of the molecule is N#Cc1cnn(-c2ccccc2)c1NC(=O)CN1CCN(c2ccc(C(N)=O)cc2)CC1. The fourth-order valence-electron chi connectivity index (χ4n) is 3.69. The first-order valence-corrected chi connectivity index (χ1v) is 10.3. The molecule has 1 aliphatic heterocycles. The molecule has 2 heterocycles. The fourth-order valence-corrected chi connectivity index (χ4v) is 3.69. The largest absolute Gasteiger partial charge is 0.369 e. The van der Waals surface area contributed by atoms with Crippen molar-refractivity contribution in [1.29, 1.82) is 5.26 Å². The van der Waals surface area contributed by atoms with Crippen LogP contribution in [0.5, 0.6) is 0 Å². The highest BCUT2D eigenvalue weighted by atomic mass is 16.2. The van der Waals surface area contributed by atoms with Gasteiger partial charge in [-0.05, 0) is 36.4 Å². The molecule has 3 N–H and O–H groups in total. The third-order valence-electron chi connectivity index (χ3n) is 5.40. The van der Waals surface area contributed by atoms with Crippen molar-refractivity contribution >= 4 is 23.3 Å². The number of para-hydroxylation sites is 1. The first-order chi connectivity index (χ1) is 15.5. The summed E-state index contributed by atoms with van der Waals surface area (Å²) >= 11 is 0. The van der Waals surface area contributed by atoms with E-state index in [1.165, 1.54) is 6.20 Å². The minimum atomic E-state index is -0.444. The average molecular weight is 429 g/mol. The third-order valence-corrected chi connectivity index (χ3v) is 5.40. The minimum Gasteiger partial charge on any atom is -0.369 e. The summed E-state index contributed by atoms with van der Waals surface area (Å²) in [5, 5.41) is 16.5. The molecule has 0 spiro atoms. The number of carbonyl (C=O) groups is 2. The van der Waals surface area contributed by atoms with Gasteiger partial charge in [0.25, 0.3) is 0 Å². The molecule has 0 bridgehead atoms. The highest BCUT2D eigenvalue weighted by Crippen LogP contribution is 2.20. The molecule has 0 aliphatic carbocycles. The van der Waals surface area contributed by atoms with Crippen LogP contribution in [-0.2, 0) is 4.79 Å². The first kappa shape index (κ1) is 21.1. The molecule has 3 aromatic rings. The van der Waals surface area contributed by atoms with Crippen molar-refractivity contribution in [2.75, 3.05) is 42.9 Å². The lowest BCUT2D eigenvalue weighted by molar-refractivity contribution is -0.117. The van der Waals surface area contributed by atoms with Gasteiger partial charge in [-0.1, -0.05) is 18.2 Å². The van der Waals surface area contributed by atoms with E-state index in [0.29, 0.717) is 30.0 Å². The van der Waals surface area contributed by atoms with Crippen LogP contribution in [0, 0.1) is 11.3 Å². The lowest BCUT2D eigenvalue weighted by atomic mass is 10.1. The summed E-state index contributed by atoms with van der Waals surface area (Å²) in [6, 6.07) is 18.7. The summed E-state index contributed by atoms with van der Waals surface area (Å²) < 4.78 is 1.56. The maximum absolute atomic E-state index is 12.7. The van der Waals surface area contributed by atoms with E-state index in [9.17, 15) is 14.9 Å². The molecule has 1 fully saturated rings. The number of anilines is 2. The second-order valence-electron chi connectivity index (χ2n) is 7.49. The van der Waals surface area contributed by atoms with E-state index >= 15 is 0 Å². The van der Waals surface area contributed by atoms with E-state index in [1.54, 1.807) is 16.8 Å². The Bertz CT molecular complexity index is 1140. The zero-order valence-electron chi connectivity index (χ0n) is 17.4. The number of primary amides is 1. The van der Waals surface area contributed by atoms with Crippen LogP contribution in [0.3, 0.4) is 0 Å². The Morgan fingerprint density at radius 1 is 1.00 bits per heavy atom. The highest BCUT2D eigenvalue weighted by molar-refractivity contribution is 5.93. The van der Waals surface area contributed by atoms with Gasteiger partial charge in [-0.3, -0.25) is 14.5 Å². The number of nitrogens with zero attached hydrogens (tertiary/aromatic N) is 5. The van der Waals surface area contributed by atoms with E-state index in [0.717, 1.165) is 24.5 Å². The molecule has 1 saturated heterocycles. The zero-order valence-corrected chi connectivity index (χ0v) is 17.4. The average Bonchev–Trinajstić information content (AvgIpc) is 3.22. The summed E-state index contributed by atoms with van der Waals surface area (Å²) in [5.74, 6) is -0.268. The lowest BCUT2D eigenvalue weighted by Crippen LogP contribution is -2.48. The molecule has 0 atom stereocenters. The molecule has 2 amide bonds. The Morgan fingerprint density at radius 2 is 1.69 bits per heavy atom. The number of benzene rings is 2. The van der Waals surface area contributed by atoms with Crippen molar-refractivity contribution in [2.24, 2.45) is 5.73 Å². The molecular formula is C23H23N7O2. The number of carbonyl (C=O) groups excluding carboxylic acids is 2. The number of nitrogens with one attached hydrogen (secondary N) is 1. The minimum absolute atomic E-state index is 0.196. The maximum atomic E-state index is 12.7. The Hall–Kier alpha value is -4.16. The van der Waals surface area contributed by atoms with E-state index in [1.807, 2.05) is 42.5 Å². The van der Waals surface area contributed by atoms with Crippen molar-refractivity contribution in [3.63, 3.8) is 0 Å². The Kier molecular flexibility index (Phi) is 6.14. The summed E-state index contributed by atoms with van der Waals surface area (Å²) in [7, 11) is 0. The Labute approximate surface area is 185 Å². The maximum Gasteiger partial charge on any atom is 0.248 e. The molecule has 162 valence electrons. The van der Waals surface area contributed by atoms with E-state index < -0.39 is 5.91 Å².